The van der Waals surface area contributed by atoms with Crippen LogP contribution < -0.4 is 15.5 Å². The maximum Gasteiger partial charge on any atom is 0.191 e. The zero-order chi connectivity index (χ0) is 20.0. The van der Waals surface area contributed by atoms with Gasteiger partial charge in [0.2, 0.25) is 0 Å². The van der Waals surface area contributed by atoms with Gasteiger partial charge in [-0.25, -0.2) is 4.98 Å². The molecule has 28 heavy (non-hydrogen) atoms. The third kappa shape index (κ3) is 5.47. The Kier molecular flexibility index (Phi) is 6.94. The van der Waals surface area contributed by atoms with Crippen LogP contribution in [0.1, 0.15) is 44.1 Å². The van der Waals surface area contributed by atoms with Crippen LogP contribution in [0.2, 0.25) is 0 Å². The summed E-state index contributed by atoms with van der Waals surface area (Å²) in [5.41, 5.74) is 1.23. The van der Waals surface area contributed by atoms with E-state index in [2.05, 4.69) is 75.9 Å². The maximum absolute atomic E-state index is 4.68. The molecule has 0 spiro atoms. The molecule has 3 rings (SSSR count). The second kappa shape index (κ2) is 9.41. The van der Waals surface area contributed by atoms with Gasteiger partial charge in [0.15, 0.2) is 5.96 Å². The maximum atomic E-state index is 4.68. The first kappa shape index (κ1) is 20.6. The number of rotatable bonds is 6. The summed E-state index contributed by atoms with van der Waals surface area (Å²) < 4.78 is 0. The van der Waals surface area contributed by atoms with Crippen molar-refractivity contribution in [3.8, 4) is 0 Å². The Bertz CT molecular complexity index is 744. The predicted molar refractivity (Wildman–Crippen MR) is 120 cm³/mol. The van der Waals surface area contributed by atoms with E-state index >= 15 is 0 Å². The molecule has 0 atom stereocenters. The van der Waals surface area contributed by atoms with Crippen LogP contribution in [0.4, 0.5) is 5.82 Å². The number of hydrogen-bond acceptors (Lipinski definition) is 4. The van der Waals surface area contributed by atoms with Gasteiger partial charge < -0.3 is 15.5 Å². The quantitative estimate of drug-likeness (QED) is 0.569. The van der Waals surface area contributed by atoms with Gasteiger partial charge in [-0.3, -0.25) is 4.99 Å². The predicted octanol–water partition coefficient (Wildman–Crippen LogP) is 4.02. The van der Waals surface area contributed by atoms with E-state index in [9.17, 15) is 0 Å². The fourth-order valence-corrected chi connectivity index (χ4v) is 4.26. The molecule has 0 radical (unpaired) electrons. The zero-order valence-electron chi connectivity index (χ0n) is 17.5. The van der Waals surface area contributed by atoms with Crippen molar-refractivity contribution in [2.24, 2.45) is 10.9 Å². The number of nitrogens with one attached hydrogen (secondary N) is 2. The van der Waals surface area contributed by atoms with E-state index in [0.29, 0.717) is 6.54 Å². The van der Waals surface area contributed by atoms with E-state index in [1.807, 2.05) is 13.2 Å². The van der Waals surface area contributed by atoms with Gasteiger partial charge in [0, 0.05) is 49.7 Å². The molecule has 2 aromatic rings. The first-order valence-electron chi connectivity index (χ1n) is 10.2. The molecule has 1 aliphatic heterocycles. The van der Waals surface area contributed by atoms with Crippen molar-refractivity contribution in [2.45, 2.75) is 45.6 Å². The van der Waals surface area contributed by atoms with Gasteiger partial charge in [-0.2, -0.15) is 0 Å². The summed E-state index contributed by atoms with van der Waals surface area (Å²) in [6.07, 6.45) is 4.49. The van der Waals surface area contributed by atoms with Crippen LogP contribution in [-0.4, -0.2) is 37.6 Å². The number of aliphatic imine (C=N–C) groups is 1. The lowest BCUT2D eigenvalue weighted by atomic mass is 9.91. The van der Waals surface area contributed by atoms with Crippen LogP contribution in [0, 0.1) is 5.92 Å². The van der Waals surface area contributed by atoms with Gasteiger partial charge in [0.1, 0.15) is 5.82 Å². The minimum atomic E-state index is 0.0704. The lowest BCUT2D eigenvalue weighted by Crippen LogP contribution is -2.43. The monoisotopic (exact) mass is 399 g/mol. The van der Waals surface area contributed by atoms with Gasteiger partial charge in [0.05, 0.1) is 0 Å². The van der Waals surface area contributed by atoms with Crippen LogP contribution in [0.15, 0.2) is 40.8 Å². The van der Waals surface area contributed by atoms with Gasteiger partial charge in [-0.15, -0.1) is 11.3 Å². The van der Waals surface area contributed by atoms with E-state index in [0.717, 1.165) is 42.9 Å². The molecule has 0 aliphatic carbocycles. The fourth-order valence-electron chi connectivity index (χ4n) is 3.41. The number of anilines is 1. The Labute approximate surface area is 173 Å². The van der Waals surface area contributed by atoms with Crippen molar-refractivity contribution in [2.75, 3.05) is 31.6 Å². The number of piperidine rings is 1. The third-order valence-electron chi connectivity index (χ3n) is 5.49. The Balaban J connectivity index is 1.48. The molecule has 0 unspecified atom stereocenters. The number of nitrogens with zero attached hydrogens (tertiary/aromatic N) is 3. The SMILES string of the molecule is CN=C(NCc1ccc(N2CCC(C)CC2)nc1)NCC(C)(C)c1cccs1. The minimum absolute atomic E-state index is 0.0704. The molecule has 1 fully saturated rings. The first-order chi connectivity index (χ1) is 13.5. The van der Waals surface area contributed by atoms with Gasteiger partial charge in [0.25, 0.3) is 0 Å². The molecule has 6 heteroatoms. The molecule has 0 bridgehead atoms. The van der Waals surface area contributed by atoms with E-state index in [-0.39, 0.29) is 5.41 Å². The first-order valence-corrected chi connectivity index (χ1v) is 11.0. The molecule has 2 aromatic heterocycles. The number of guanidine groups is 1. The van der Waals surface area contributed by atoms with Crippen molar-refractivity contribution in [3.05, 3.63) is 46.3 Å². The molecule has 0 aromatic carbocycles. The van der Waals surface area contributed by atoms with Crippen molar-refractivity contribution in [1.82, 2.24) is 15.6 Å². The second-order valence-corrected chi connectivity index (χ2v) is 9.28. The largest absolute Gasteiger partial charge is 0.357 e. The van der Waals surface area contributed by atoms with E-state index in [1.54, 1.807) is 11.3 Å². The normalized spacial score (nSPS) is 16.3. The Hall–Kier alpha value is -2.08. The number of thiophene rings is 1. The summed E-state index contributed by atoms with van der Waals surface area (Å²) in [6, 6.07) is 8.61. The van der Waals surface area contributed by atoms with Crippen LogP contribution in [0.3, 0.4) is 0 Å². The molecular weight excluding hydrogens is 366 g/mol. The Morgan fingerprint density at radius 3 is 2.64 bits per heavy atom. The molecule has 0 saturated carbocycles. The van der Waals surface area contributed by atoms with Crippen molar-refractivity contribution >= 4 is 23.1 Å². The van der Waals surface area contributed by atoms with E-state index in [1.165, 1.54) is 17.7 Å². The van der Waals surface area contributed by atoms with Gasteiger partial charge in [-0.05, 0) is 41.8 Å². The average Bonchev–Trinajstić information content (AvgIpc) is 3.25. The third-order valence-corrected chi connectivity index (χ3v) is 6.72. The number of aromatic nitrogens is 1. The van der Waals surface area contributed by atoms with Crippen molar-refractivity contribution in [1.29, 1.82) is 0 Å². The smallest absolute Gasteiger partial charge is 0.191 e. The fraction of sp³-hybridized carbons (Fsp3) is 0.545. The number of hydrogen-bond donors (Lipinski definition) is 2. The summed E-state index contributed by atoms with van der Waals surface area (Å²) in [5.74, 6) is 2.75. The highest BCUT2D eigenvalue weighted by molar-refractivity contribution is 7.10. The Morgan fingerprint density at radius 2 is 2.04 bits per heavy atom. The molecule has 152 valence electrons. The van der Waals surface area contributed by atoms with Crippen LogP contribution in [0.5, 0.6) is 0 Å². The summed E-state index contributed by atoms with van der Waals surface area (Å²) >= 11 is 1.80. The highest BCUT2D eigenvalue weighted by atomic mass is 32.1. The van der Waals surface area contributed by atoms with Gasteiger partial charge >= 0.3 is 0 Å². The summed E-state index contributed by atoms with van der Waals surface area (Å²) in [4.78, 5) is 12.8. The molecule has 2 N–H and O–H groups in total. The zero-order valence-corrected chi connectivity index (χ0v) is 18.4. The minimum Gasteiger partial charge on any atom is -0.357 e. The number of pyridine rings is 1. The molecule has 1 saturated heterocycles. The molecular formula is C22H33N5S. The highest BCUT2D eigenvalue weighted by Gasteiger charge is 2.22. The van der Waals surface area contributed by atoms with E-state index in [4.69, 9.17) is 0 Å². The lowest BCUT2D eigenvalue weighted by molar-refractivity contribution is 0.436. The molecule has 5 nitrogen and oxygen atoms in total. The lowest BCUT2D eigenvalue weighted by Gasteiger charge is -2.31. The van der Waals surface area contributed by atoms with Crippen LogP contribution in [-0.2, 0) is 12.0 Å². The average molecular weight is 400 g/mol. The molecule has 1 aliphatic rings. The topological polar surface area (TPSA) is 52.6 Å². The van der Waals surface area contributed by atoms with Crippen molar-refractivity contribution < 1.29 is 0 Å². The summed E-state index contributed by atoms with van der Waals surface area (Å²) in [6.45, 7) is 10.6. The van der Waals surface area contributed by atoms with Crippen LogP contribution in [0.25, 0.3) is 0 Å². The highest BCUT2D eigenvalue weighted by Crippen LogP contribution is 2.26. The van der Waals surface area contributed by atoms with Crippen LogP contribution >= 0.6 is 11.3 Å². The standard InChI is InChI=1S/C22H33N5S/c1-17-9-11-27(12-10-17)20-8-7-18(14-24-20)15-25-21(23-4)26-16-22(2,3)19-6-5-13-28-19/h5-8,13-14,17H,9-12,15-16H2,1-4H3,(H2,23,25,26). The second-order valence-electron chi connectivity index (χ2n) is 8.33. The summed E-state index contributed by atoms with van der Waals surface area (Å²) in [7, 11) is 1.81. The van der Waals surface area contributed by atoms with Crippen molar-refractivity contribution in [3.63, 3.8) is 0 Å². The van der Waals surface area contributed by atoms with E-state index < -0.39 is 0 Å². The molecule has 0 amide bonds. The Morgan fingerprint density at radius 1 is 1.25 bits per heavy atom. The molecule has 3 heterocycles. The summed E-state index contributed by atoms with van der Waals surface area (Å²) in [5, 5.41) is 8.98. The van der Waals surface area contributed by atoms with Gasteiger partial charge in [-0.1, -0.05) is 32.9 Å².